The Bertz CT molecular complexity index is 1880. The number of fused-ring (bicyclic) bond motifs is 1. The first-order valence-corrected chi connectivity index (χ1v) is 13.9. The van der Waals surface area contributed by atoms with Gasteiger partial charge in [-0.1, -0.05) is 12.1 Å². The minimum Gasteiger partial charge on any atom is -1.00 e. The predicted octanol–water partition coefficient (Wildman–Crippen LogP) is 1.26. The van der Waals surface area contributed by atoms with Crippen LogP contribution in [0.15, 0.2) is 77.1 Å². The molecule has 46 heavy (non-hydrogen) atoms. The number of alkyl halides is 3. The average Bonchev–Trinajstić information content (AvgIpc) is 3.39. The molecule has 15 heteroatoms. The van der Waals surface area contributed by atoms with Gasteiger partial charge in [0.2, 0.25) is 5.95 Å². The lowest BCUT2D eigenvalue weighted by molar-refractivity contribution is -0.903. The molecule has 1 N–H and O–H groups in total. The lowest BCUT2D eigenvalue weighted by atomic mass is 9.89. The number of methoxy groups -OCH3 is 1. The summed E-state index contributed by atoms with van der Waals surface area (Å²) in [4.78, 5) is 36.6. The van der Waals surface area contributed by atoms with Gasteiger partial charge in [0.05, 0.1) is 56.7 Å². The molecule has 0 saturated heterocycles. The molecule has 0 aliphatic carbocycles. The maximum Gasteiger partial charge on any atom is 0.416 e. The van der Waals surface area contributed by atoms with E-state index in [0.717, 1.165) is 17.8 Å². The van der Waals surface area contributed by atoms with Crippen molar-refractivity contribution in [2.45, 2.75) is 32.1 Å². The number of hydrogen-bond acceptors (Lipinski definition) is 8. The van der Waals surface area contributed by atoms with Crippen LogP contribution in [0.25, 0.3) is 0 Å². The minimum absolute atomic E-state index is 0. The number of hydrogen-bond donors (Lipinski definition) is 1. The Hall–Kier alpha value is -5.00. The zero-order valence-electron chi connectivity index (χ0n) is 25.3. The molecule has 1 atom stereocenters. The fraction of sp³-hybridized carbons (Fsp3) is 0.290. The summed E-state index contributed by atoms with van der Waals surface area (Å²) in [6.07, 6.45) is 0.740. The van der Waals surface area contributed by atoms with Gasteiger partial charge in [-0.2, -0.15) is 18.4 Å². The van der Waals surface area contributed by atoms with Crippen molar-refractivity contribution in [3.63, 3.8) is 0 Å². The van der Waals surface area contributed by atoms with E-state index in [1.54, 1.807) is 43.7 Å². The first kappa shape index (κ1) is 33.9. The van der Waals surface area contributed by atoms with Gasteiger partial charge in [0.15, 0.2) is 0 Å². The maximum atomic E-state index is 13.6. The third kappa shape index (κ3) is 6.65. The number of anilines is 2. The highest BCUT2D eigenvalue weighted by atomic mass is 35.5. The summed E-state index contributed by atoms with van der Waals surface area (Å²) in [5, 5.41) is 16.3. The first-order valence-electron chi connectivity index (χ1n) is 13.9. The Morgan fingerprint density at radius 3 is 2.59 bits per heavy atom. The number of likely N-dealkylation sites (N-methyl/N-ethyl adjacent to an activating group) is 1. The van der Waals surface area contributed by atoms with Crippen LogP contribution < -0.4 is 23.0 Å². The number of aromatic amines is 1. The van der Waals surface area contributed by atoms with Crippen LogP contribution in [0, 0.1) is 11.3 Å². The summed E-state index contributed by atoms with van der Waals surface area (Å²) in [6, 6.07) is 10.6. The van der Waals surface area contributed by atoms with Gasteiger partial charge in [0, 0.05) is 30.2 Å². The van der Waals surface area contributed by atoms with Gasteiger partial charge in [0.1, 0.15) is 18.3 Å². The second kappa shape index (κ2) is 13.2. The van der Waals surface area contributed by atoms with Crippen LogP contribution in [0.4, 0.5) is 24.8 Å². The third-order valence-corrected chi connectivity index (χ3v) is 7.74. The SMILES string of the molecule is COC(=O)C1=C(C)N(c2cccc(C(F)(F)F)c2)c2n[nH]c(=O)n2[C@@H]1c1ccc(C#N)cc1CC[N+](C)(C)Cc1cnccn1.[Cl-]. The van der Waals surface area contributed by atoms with E-state index in [1.807, 2.05) is 14.1 Å². The van der Waals surface area contributed by atoms with E-state index in [-0.39, 0.29) is 35.3 Å². The highest BCUT2D eigenvalue weighted by Gasteiger charge is 2.41. The number of esters is 1. The number of H-pyrrole nitrogens is 1. The molecule has 0 amide bonds. The summed E-state index contributed by atoms with van der Waals surface area (Å²) in [7, 11) is 5.24. The van der Waals surface area contributed by atoms with Crippen LogP contribution in [0.5, 0.6) is 0 Å². The van der Waals surface area contributed by atoms with Crippen molar-refractivity contribution in [3.8, 4) is 6.07 Å². The number of carbonyl (C=O) groups is 1. The molecule has 5 rings (SSSR count). The molecule has 4 aromatic rings. The van der Waals surface area contributed by atoms with Gasteiger partial charge in [0.25, 0.3) is 0 Å². The lowest BCUT2D eigenvalue weighted by Crippen LogP contribution is -3.00. The minimum atomic E-state index is -4.63. The van der Waals surface area contributed by atoms with Gasteiger partial charge >= 0.3 is 17.8 Å². The molecule has 11 nitrogen and oxygen atoms in total. The monoisotopic (exact) mass is 654 g/mol. The van der Waals surface area contributed by atoms with E-state index in [2.05, 4.69) is 26.2 Å². The molecule has 0 bridgehead atoms. The molecule has 2 aromatic carbocycles. The van der Waals surface area contributed by atoms with Crippen LogP contribution in [0.3, 0.4) is 0 Å². The highest BCUT2D eigenvalue weighted by Crippen LogP contribution is 2.43. The number of nitriles is 1. The van der Waals surface area contributed by atoms with Crippen LogP contribution >= 0.6 is 0 Å². The summed E-state index contributed by atoms with van der Waals surface area (Å²) in [6.45, 7) is 2.73. The van der Waals surface area contributed by atoms with Crippen LogP contribution in [-0.2, 0) is 28.7 Å². The van der Waals surface area contributed by atoms with Crippen molar-refractivity contribution in [2.24, 2.45) is 0 Å². The number of nitrogens with zero attached hydrogens (tertiary/aromatic N) is 7. The zero-order chi connectivity index (χ0) is 32.5. The molecule has 0 spiro atoms. The van der Waals surface area contributed by atoms with Gasteiger partial charge in [-0.25, -0.2) is 19.3 Å². The van der Waals surface area contributed by atoms with Crippen LogP contribution in [-0.4, -0.2) is 62.9 Å². The van der Waals surface area contributed by atoms with E-state index >= 15 is 0 Å². The quantitative estimate of drug-likeness (QED) is 0.222. The molecule has 0 unspecified atom stereocenters. The summed E-state index contributed by atoms with van der Waals surface area (Å²) < 4.78 is 47.8. The summed E-state index contributed by atoms with van der Waals surface area (Å²) in [5.41, 5.74) is 1.14. The lowest BCUT2D eigenvalue weighted by Gasteiger charge is -2.36. The Kier molecular flexibility index (Phi) is 9.69. The largest absolute Gasteiger partial charge is 1.00 e. The molecular weight excluding hydrogens is 625 g/mol. The predicted molar refractivity (Wildman–Crippen MR) is 157 cm³/mol. The summed E-state index contributed by atoms with van der Waals surface area (Å²) in [5.74, 6) is -0.786. The second-order valence-electron chi connectivity index (χ2n) is 11.3. The molecule has 2 aromatic heterocycles. The molecule has 0 saturated carbocycles. The Morgan fingerprint density at radius 1 is 1.17 bits per heavy atom. The van der Waals surface area contributed by atoms with E-state index < -0.39 is 29.4 Å². The third-order valence-electron chi connectivity index (χ3n) is 7.74. The number of nitrogens with one attached hydrogen (secondary N) is 1. The Labute approximate surface area is 268 Å². The number of quaternary nitrogens is 1. The van der Waals surface area contributed by atoms with Crippen molar-refractivity contribution in [1.29, 1.82) is 5.26 Å². The topological polar surface area (TPSA) is 130 Å². The van der Waals surface area contributed by atoms with Gasteiger partial charge < -0.3 is 21.6 Å². The normalized spacial score (nSPS) is 14.7. The van der Waals surface area contributed by atoms with E-state index in [4.69, 9.17) is 4.74 Å². The molecule has 1 aliphatic rings. The second-order valence-corrected chi connectivity index (χ2v) is 11.3. The van der Waals surface area contributed by atoms with Gasteiger partial charge in [-0.3, -0.25) is 14.9 Å². The van der Waals surface area contributed by atoms with Crippen molar-refractivity contribution in [1.82, 2.24) is 24.7 Å². The Balaban J connectivity index is 0.00000480. The number of halogens is 4. The number of carbonyl (C=O) groups excluding carboxylic acids is 1. The number of allylic oxidation sites excluding steroid dienone is 1. The Morgan fingerprint density at radius 2 is 1.93 bits per heavy atom. The van der Waals surface area contributed by atoms with E-state index in [9.17, 15) is 28.0 Å². The highest BCUT2D eigenvalue weighted by molar-refractivity contribution is 5.93. The van der Waals surface area contributed by atoms with Crippen molar-refractivity contribution in [3.05, 3.63) is 111 Å². The van der Waals surface area contributed by atoms with Crippen LogP contribution in [0.1, 0.15) is 40.9 Å². The van der Waals surface area contributed by atoms with Gasteiger partial charge in [-0.05, 0) is 48.4 Å². The van der Waals surface area contributed by atoms with E-state index in [1.165, 1.54) is 28.7 Å². The maximum absolute atomic E-state index is 13.6. The first-order chi connectivity index (χ1) is 21.3. The fourth-order valence-electron chi connectivity index (χ4n) is 5.59. The standard InChI is InChI=1S/C31H29F3N8O3.ClH/c1-19-26(28(43)45-4)27(41-29(38-39-30(41)44)40(19)24-7-5-6-22(15-24)31(32,33)34)25-9-8-20(16-35)14-21(25)10-13-42(2,3)18-23-17-36-11-12-37-23;/h5-9,11-12,14-15,17,27H,10,13,18H2,1-4H3;1H/t27-;/m1./s1. The van der Waals surface area contributed by atoms with E-state index in [0.29, 0.717) is 40.7 Å². The van der Waals surface area contributed by atoms with Crippen molar-refractivity contribution >= 4 is 17.6 Å². The number of aromatic nitrogens is 5. The smallest absolute Gasteiger partial charge is 0.416 e. The number of benzene rings is 2. The van der Waals surface area contributed by atoms with Gasteiger partial charge in [-0.15, -0.1) is 5.10 Å². The average molecular weight is 655 g/mol. The molecule has 240 valence electrons. The number of ether oxygens (including phenoxy) is 1. The summed E-state index contributed by atoms with van der Waals surface area (Å²) >= 11 is 0. The molecule has 3 heterocycles. The molecule has 0 fully saturated rings. The van der Waals surface area contributed by atoms with Crippen molar-refractivity contribution < 1.29 is 39.6 Å². The van der Waals surface area contributed by atoms with Crippen LogP contribution in [0.2, 0.25) is 0 Å². The zero-order valence-corrected chi connectivity index (χ0v) is 26.1. The molecular formula is C31H30ClF3N8O3. The number of rotatable bonds is 8. The van der Waals surface area contributed by atoms with Crippen molar-refractivity contribution in [2.75, 3.05) is 32.6 Å². The fourth-order valence-corrected chi connectivity index (χ4v) is 5.59. The molecule has 0 radical (unpaired) electrons. The molecule has 1 aliphatic heterocycles.